The van der Waals surface area contributed by atoms with E-state index in [9.17, 15) is 9.90 Å². The van der Waals surface area contributed by atoms with Gasteiger partial charge >= 0.3 is 5.97 Å². The van der Waals surface area contributed by atoms with Crippen molar-refractivity contribution >= 4 is 48.3 Å². The fourth-order valence-corrected chi connectivity index (χ4v) is 6.74. The molecule has 0 amide bonds. The molecule has 1 aromatic heterocycles. The molecule has 1 N–H and O–H groups in total. The molecule has 0 aliphatic rings. The molecular formula is C36H24O3S. The maximum absolute atomic E-state index is 11.6. The number of thiophene rings is 1. The summed E-state index contributed by atoms with van der Waals surface area (Å²) >= 11 is 1.81. The summed E-state index contributed by atoms with van der Waals surface area (Å²) < 4.78 is 8.55. The highest BCUT2D eigenvalue weighted by atomic mass is 32.1. The van der Waals surface area contributed by atoms with Gasteiger partial charge in [0.25, 0.3) is 0 Å². The number of hydrogen-bond donors (Lipinski definition) is 1. The van der Waals surface area contributed by atoms with Crippen molar-refractivity contribution in [1.29, 1.82) is 0 Å². The van der Waals surface area contributed by atoms with Crippen molar-refractivity contribution in [1.82, 2.24) is 0 Å². The van der Waals surface area contributed by atoms with E-state index < -0.39 is 12.6 Å². The molecule has 0 bridgehead atoms. The van der Waals surface area contributed by atoms with E-state index in [0.29, 0.717) is 5.75 Å². The highest BCUT2D eigenvalue weighted by molar-refractivity contribution is 7.26. The van der Waals surface area contributed by atoms with E-state index in [1.165, 1.54) is 36.5 Å². The summed E-state index contributed by atoms with van der Waals surface area (Å²) in [6.45, 7) is -0.424. The quantitative estimate of drug-likeness (QED) is 0.230. The predicted molar refractivity (Wildman–Crippen MR) is 166 cm³/mol. The smallest absolute Gasteiger partial charge is 0.341 e. The minimum Gasteiger partial charge on any atom is -0.481 e. The molecular weight excluding hydrogens is 512 g/mol. The van der Waals surface area contributed by atoms with Crippen LogP contribution < -0.4 is 4.74 Å². The van der Waals surface area contributed by atoms with Crippen LogP contribution in [0.5, 0.6) is 5.75 Å². The number of hydrogen-bond acceptors (Lipinski definition) is 3. The first-order valence-electron chi connectivity index (χ1n) is 13.1. The largest absolute Gasteiger partial charge is 0.481 e. The molecule has 7 aromatic rings. The third kappa shape index (κ3) is 4.19. The van der Waals surface area contributed by atoms with Crippen LogP contribution in [0.2, 0.25) is 0 Å². The van der Waals surface area contributed by atoms with Crippen LogP contribution in [-0.4, -0.2) is 17.7 Å². The zero-order chi connectivity index (χ0) is 27.1. The van der Waals surface area contributed by atoms with Crippen LogP contribution in [0.15, 0.2) is 127 Å². The van der Waals surface area contributed by atoms with Crippen LogP contribution in [0.3, 0.4) is 0 Å². The van der Waals surface area contributed by atoms with E-state index in [0.717, 1.165) is 27.8 Å². The van der Waals surface area contributed by atoms with E-state index in [4.69, 9.17) is 4.74 Å². The number of fused-ring (bicyclic) bond motifs is 4. The summed E-state index contributed by atoms with van der Waals surface area (Å²) in [7, 11) is 0. The van der Waals surface area contributed by atoms with Crippen LogP contribution >= 0.6 is 11.3 Å². The number of benzene rings is 6. The van der Waals surface area contributed by atoms with Gasteiger partial charge in [-0.25, -0.2) is 4.79 Å². The Balaban J connectivity index is 1.63. The fraction of sp³-hybridized carbons (Fsp3) is 0.0278. The van der Waals surface area contributed by atoms with Crippen molar-refractivity contribution in [2.75, 3.05) is 6.61 Å². The number of rotatable bonds is 6. The second kappa shape index (κ2) is 9.99. The van der Waals surface area contributed by atoms with Gasteiger partial charge in [-0.3, -0.25) is 0 Å². The van der Waals surface area contributed by atoms with Crippen molar-refractivity contribution in [2.24, 2.45) is 0 Å². The van der Waals surface area contributed by atoms with Gasteiger partial charge in [0.1, 0.15) is 5.75 Å². The predicted octanol–water partition coefficient (Wildman–Crippen LogP) is 9.67. The van der Waals surface area contributed by atoms with Gasteiger partial charge < -0.3 is 9.84 Å². The SMILES string of the molecule is O=C(O)COc1c(-c2ccccc2)cc(-c2c3ccccc3cc3sc4ccccc4c23)cc1-c1ccccc1. The van der Waals surface area contributed by atoms with Gasteiger partial charge in [0.2, 0.25) is 0 Å². The van der Waals surface area contributed by atoms with Crippen molar-refractivity contribution < 1.29 is 14.6 Å². The molecule has 4 heteroatoms. The van der Waals surface area contributed by atoms with Gasteiger partial charge in [-0.15, -0.1) is 11.3 Å². The topological polar surface area (TPSA) is 46.5 Å². The average molecular weight is 537 g/mol. The van der Waals surface area contributed by atoms with Crippen LogP contribution in [0, 0.1) is 0 Å². The van der Waals surface area contributed by atoms with Gasteiger partial charge in [0, 0.05) is 31.3 Å². The first-order valence-corrected chi connectivity index (χ1v) is 14.0. The zero-order valence-electron chi connectivity index (χ0n) is 21.5. The first-order chi connectivity index (χ1) is 19.7. The Kier molecular flexibility index (Phi) is 6.03. The normalized spacial score (nSPS) is 11.3. The molecule has 6 aromatic carbocycles. The summed E-state index contributed by atoms with van der Waals surface area (Å²) in [5.41, 5.74) is 5.88. The maximum atomic E-state index is 11.6. The lowest BCUT2D eigenvalue weighted by Gasteiger charge is -2.19. The van der Waals surface area contributed by atoms with Crippen LogP contribution in [0.4, 0.5) is 0 Å². The molecule has 0 radical (unpaired) electrons. The summed E-state index contributed by atoms with van der Waals surface area (Å²) in [6.07, 6.45) is 0. The minimum atomic E-state index is -1.01. The lowest BCUT2D eigenvalue weighted by Crippen LogP contribution is -2.11. The van der Waals surface area contributed by atoms with Crippen molar-refractivity contribution in [2.45, 2.75) is 0 Å². The van der Waals surface area contributed by atoms with Gasteiger partial charge in [-0.2, -0.15) is 0 Å². The molecule has 0 unspecified atom stereocenters. The molecule has 40 heavy (non-hydrogen) atoms. The summed E-state index contributed by atoms with van der Waals surface area (Å²) in [6, 6.07) is 43.8. The maximum Gasteiger partial charge on any atom is 0.341 e. The summed E-state index contributed by atoms with van der Waals surface area (Å²) in [4.78, 5) is 11.6. The number of carboxylic acids is 1. The van der Waals surface area contributed by atoms with E-state index in [1.807, 2.05) is 72.0 Å². The summed E-state index contributed by atoms with van der Waals surface area (Å²) in [5, 5.41) is 14.3. The third-order valence-corrected chi connectivity index (χ3v) is 8.39. The van der Waals surface area contributed by atoms with Gasteiger partial charge in [-0.1, -0.05) is 103 Å². The molecule has 1 heterocycles. The Morgan fingerprint density at radius 1 is 0.625 bits per heavy atom. The molecule has 0 spiro atoms. The summed E-state index contributed by atoms with van der Waals surface area (Å²) in [5.74, 6) is -0.446. The van der Waals surface area contributed by atoms with Gasteiger partial charge in [0.15, 0.2) is 6.61 Å². The Hall–Kier alpha value is -4.93. The zero-order valence-corrected chi connectivity index (χ0v) is 22.3. The van der Waals surface area contributed by atoms with Crippen molar-refractivity contribution in [3.05, 3.63) is 127 Å². The van der Waals surface area contributed by atoms with E-state index >= 15 is 0 Å². The Bertz CT molecular complexity index is 1960. The first kappa shape index (κ1) is 24.1. The molecule has 3 nitrogen and oxygen atoms in total. The fourth-order valence-electron chi connectivity index (χ4n) is 5.58. The van der Waals surface area contributed by atoms with Gasteiger partial charge in [0.05, 0.1) is 0 Å². The second-order valence-electron chi connectivity index (χ2n) is 9.76. The third-order valence-electron chi connectivity index (χ3n) is 7.28. The monoisotopic (exact) mass is 536 g/mol. The average Bonchev–Trinajstić information content (AvgIpc) is 3.37. The molecule has 0 atom stereocenters. The second-order valence-corrected chi connectivity index (χ2v) is 10.8. The lowest BCUT2D eigenvalue weighted by atomic mass is 9.88. The minimum absolute atomic E-state index is 0.424. The highest BCUT2D eigenvalue weighted by Crippen LogP contribution is 2.48. The van der Waals surface area contributed by atoms with Crippen LogP contribution in [-0.2, 0) is 4.79 Å². The number of ether oxygens (including phenoxy) is 1. The molecule has 192 valence electrons. The Labute approximate surface area is 235 Å². The lowest BCUT2D eigenvalue weighted by molar-refractivity contribution is -0.139. The van der Waals surface area contributed by atoms with Crippen LogP contribution in [0.25, 0.3) is 64.3 Å². The molecule has 0 aliphatic carbocycles. The van der Waals surface area contributed by atoms with Crippen molar-refractivity contribution in [3.63, 3.8) is 0 Å². The highest BCUT2D eigenvalue weighted by Gasteiger charge is 2.21. The number of carboxylic acid groups (broad SMARTS) is 1. The Morgan fingerprint density at radius 2 is 1.20 bits per heavy atom. The van der Waals surface area contributed by atoms with Gasteiger partial charge in [-0.05, 0) is 57.3 Å². The molecule has 0 saturated heterocycles. The molecule has 7 rings (SSSR count). The Morgan fingerprint density at radius 3 is 1.85 bits per heavy atom. The van der Waals surface area contributed by atoms with E-state index in [1.54, 1.807) is 0 Å². The standard InChI is InChI=1S/C36H24O3S/c37-33(38)22-39-36-29(23-11-3-1-4-12-23)19-26(20-30(36)24-13-5-2-6-14-24)34-27-16-8-7-15-25(27)21-32-35(34)28-17-9-10-18-31(28)40-32/h1-21H,22H2,(H,37,38). The number of carbonyl (C=O) groups is 1. The van der Waals surface area contributed by atoms with E-state index in [2.05, 4.69) is 66.7 Å². The van der Waals surface area contributed by atoms with Crippen molar-refractivity contribution in [3.8, 4) is 39.1 Å². The molecule has 0 aliphatic heterocycles. The molecule has 0 fully saturated rings. The van der Waals surface area contributed by atoms with Crippen LogP contribution in [0.1, 0.15) is 0 Å². The number of aliphatic carboxylic acids is 1. The molecule has 0 saturated carbocycles. The van der Waals surface area contributed by atoms with E-state index in [-0.39, 0.29) is 0 Å².